The molecule has 3 aliphatic rings. The van der Waals surface area contributed by atoms with E-state index in [1.807, 2.05) is 28.9 Å². The second-order valence-corrected chi connectivity index (χ2v) is 7.75. The molecular weight excluding hydrogens is 346 g/mol. The number of carbonyl (C=O) groups is 2. The van der Waals surface area contributed by atoms with Crippen LogP contribution in [0, 0.1) is 6.92 Å². The Morgan fingerprint density at radius 1 is 1.15 bits per heavy atom. The highest BCUT2D eigenvalue weighted by Gasteiger charge is 2.43. The zero-order valence-corrected chi connectivity index (χ0v) is 15.9. The molecule has 0 radical (unpaired) electrons. The minimum absolute atomic E-state index is 0.0309. The molecule has 1 aromatic rings. The first-order valence-corrected chi connectivity index (χ1v) is 9.84. The van der Waals surface area contributed by atoms with Crippen LogP contribution in [0.2, 0.25) is 0 Å². The number of aryl methyl sites for hydroxylation is 1. The first-order valence-electron chi connectivity index (χ1n) is 9.84. The molecule has 7 nitrogen and oxygen atoms in total. The van der Waals surface area contributed by atoms with Crippen molar-refractivity contribution in [1.82, 2.24) is 14.8 Å². The van der Waals surface area contributed by atoms with E-state index in [0.29, 0.717) is 45.1 Å². The Balaban J connectivity index is 1.37. The van der Waals surface area contributed by atoms with Gasteiger partial charge < -0.3 is 19.3 Å². The number of aromatic nitrogens is 1. The monoisotopic (exact) mass is 373 g/mol. The third-order valence-corrected chi connectivity index (χ3v) is 5.83. The van der Waals surface area contributed by atoms with E-state index in [-0.39, 0.29) is 23.5 Å². The van der Waals surface area contributed by atoms with Crippen LogP contribution in [0.25, 0.3) is 0 Å². The van der Waals surface area contributed by atoms with Crippen molar-refractivity contribution >= 4 is 11.8 Å². The second-order valence-electron chi connectivity index (χ2n) is 7.75. The number of piperidine rings is 1. The first-order chi connectivity index (χ1) is 13.1. The Hall–Kier alpha value is -1.99. The van der Waals surface area contributed by atoms with E-state index in [1.165, 1.54) is 0 Å². The lowest BCUT2D eigenvalue weighted by atomic mass is 9.89. The van der Waals surface area contributed by atoms with Gasteiger partial charge in [-0.2, -0.15) is 0 Å². The molecule has 4 heterocycles. The third-order valence-electron chi connectivity index (χ3n) is 5.83. The smallest absolute Gasteiger partial charge is 0.272 e. The van der Waals surface area contributed by atoms with Crippen LogP contribution in [0.15, 0.2) is 18.2 Å². The minimum Gasteiger partial charge on any atom is -0.371 e. The van der Waals surface area contributed by atoms with Crippen LogP contribution < -0.4 is 0 Å². The standard InChI is InChI=1S/C20H27N3O4/c1-15-4-2-5-16(21-15)18(24)22-9-7-20(8-10-22)14-23(11-13-27-20)19(25)17-6-3-12-26-17/h2,4-5,17H,3,6-14H2,1H3. The highest BCUT2D eigenvalue weighted by molar-refractivity contribution is 5.92. The van der Waals surface area contributed by atoms with Crippen molar-refractivity contribution in [2.75, 3.05) is 39.4 Å². The molecular formula is C20H27N3O4. The summed E-state index contributed by atoms with van der Waals surface area (Å²) in [6.07, 6.45) is 2.96. The molecule has 0 aliphatic carbocycles. The second kappa shape index (κ2) is 7.56. The highest BCUT2D eigenvalue weighted by Crippen LogP contribution is 2.31. The molecule has 27 heavy (non-hydrogen) atoms. The van der Waals surface area contributed by atoms with Crippen molar-refractivity contribution in [2.24, 2.45) is 0 Å². The molecule has 146 valence electrons. The summed E-state index contributed by atoms with van der Waals surface area (Å²) in [6.45, 7) is 5.57. The molecule has 3 saturated heterocycles. The van der Waals surface area contributed by atoms with Crippen molar-refractivity contribution in [2.45, 2.75) is 44.3 Å². The quantitative estimate of drug-likeness (QED) is 0.784. The van der Waals surface area contributed by atoms with Crippen molar-refractivity contribution in [3.05, 3.63) is 29.6 Å². The Bertz CT molecular complexity index is 709. The molecule has 0 N–H and O–H groups in total. The molecule has 0 saturated carbocycles. The molecule has 0 bridgehead atoms. The molecule has 0 aromatic carbocycles. The topological polar surface area (TPSA) is 72.0 Å². The van der Waals surface area contributed by atoms with Crippen molar-refractivity contribution < 1.29 is 19.1 Å². The number of pyridine rings is 1. The van der Waals surface area contributed by atoms with Gasteiger partial charge in [-0.3, -0.25) is 9.59 Å². The van der Waals surface area contributed by atoms with Gasteiger partial charge in [-0.1, -0.05) is 6.07 Å². The number of ether oxygens (including phenoxy) is 2. The molecule has 3 fully saturated rings. The van der Waals surface area contributed by atoms with E-state index < -0.39 is 0 Å². The summed E-state index contributed by atoms with van der Waals surface area (Å²) in [6, 6.07) is 5.51. The van der Waals surface area contributed by atoms with E-state index in [9.17, 15) is 9.59 Å². The lowest BCUT2D eigenvalue weighted by Gasteiger charge is -2.47. The van der Waals surface area contributed by atoms with Gasteiger partial charge in [0.25, 0.3) is 11.8 Å². The van der Waals surface area contributed by atoms with E-state index >= 15 is 0 Å². The van der Waals surface area contributed by atoms with Gasteiger partial charge in [-0.05, 0) is 44.7 Å². The molecule has 3 aliphatic heterocycles. The highest BCUT2D eigenvalue weighted by atomic mass is 16.5. The lowest BCUT2D eigenvalue weighted by Crippen LogP contribution is -2.59. The summed E-state index contributed by atoms with van der Waals surface area (Å²) in [4.78, 5) is 33.5. The number of nitrogens with zero attached hydrogens (tertiary/aromatic N) is 3. The molecule has 1 aromatic heterocycles. The van der Waals surface area contributed by atoms with Gasteiger partial charge in [0.1, 0.15) is 11.8 Å². The predicted molar refractivity (Wildman–Crippen MR) is 98.3 cm³/mol. The first kappa shape index (κ1) is 18.4. The van der Waals surface area contributed by atoms with Crippen LogP contribution in [-0.2, 0) is 14.3 Å². The van der Waals surface area contributed by atoms with Crippen LogP contribution in [0.5, 0.6) is 0 Å². The summed E-state index contributed by atoms with van der Waals surface area (Å²) in [5, 5.41) is 0. The average Bonchev–Trinajstić information content (AvgIpc) is 3.22. The SMILES string of the molecule is Cc1cccc(C(=O)N2CCC3(CC2)CN(C(=O)C2CCCO2)CCO3)n1. The Morgan fingerprint density at radius 3 is 2.67 bits per heavy atom. The van der Waals surface area contributed by atoms with Crippen LogP contribution in [0.3, 0.4) is 0 Å². The van der Waals surface area contributed by atoms with Crippen LogP contribution in [0.4, 0.5) is 0 Å². The van der Waals surface area contributed by atoms with Gasteiger partial charge in [0.15, 0.2) is 0 Å². The maximum atomic E-state index is 12.7. The van der Waals surface area contributed by atoms with Gasteiger partial charge >= 0.3 is 0 Å². The summed E-state index contributed by atoms with van der Waals surface area (Å²) in [5.74, 6) is 0.0642. The molecule has 2 amide bonds. The minimum atomic E-state index is -0.344. The zero-order chi connectivity index (χ0) is 18.9. The summed E-state index contributed by atoms with van der Waals surface area (Å²) in [5.41, 5.74) is 0.988. The Morgan fingerprint density at radius 2 is 1.96 bits per heavy atom. The van der Waals surface area contributed by atoms with E-state index in [0.717, 1.165) is 31.4 Å². The van der Waals surface area contributed by atoms with Crippen molar-refractivity contribution in [1.29, 1.82) is 0 Å². The Labute approximate surface area is 159 Å². The van der Waals surface area contributed by atoms with E-state index in [2.05, 4.69) is 4.98 Å². The zero-order valence-electron chi connectivity index (χ0n) is 15.9. The molecule has 4 rings (SSSR count). The van der Waals surface area contributed by atoms with Crippen LogP contribution >= 0.6 is 0 Å². The Kier molecular flexibility index (Phi) is 5.14. The fraction of sp³-hybridized carbons (Fsp3) is 0.650. The largest absolute Gasteiger partial charge is 0.371 e. The predicted octanol–water partition coefficient (Wildman–Crippen LogP) is 1.40. The number of morpholine rings is 1. The molecule has 1 unspecified atom stereocenters. The maximum absolute atomic E-state index is 12.7. The van der Waals surface area contributed by atoms with E-state index in [1.54, 1.807) is 6.07 Å². The van der Waals surface area contributed by atoms with Gasteiger partial charge in [-0.15, -0.1) is 0 Å². The van der Waals surface area contributed by atoms with Crippen LogP contribution in [0.1, 0.15) is 41.9 Å². The number of rotatable bonds is 2. The number of amides is 2. The summed E-state index contributed by atoms with van der Waals surface area (Å²) >= 11 is 0. The molecule has 1 atom stereocenters. The lowest BCUT2D eigenvalue weighted by molar-refractivity contribution is -0.165. The fourth-order valence-corrected chi connectivity index (χ4v) is 4.25. The van der Waals surface area contributed by atoms with Crippen LogP contribution in [-0.4, -0.2) is 77.7 Å². The normalized spacial score (nSPS) is 25.0. The maximum Gasteiger partial charge on any atom is 0.272 e. The number of hydrogen-bond donors (Lipinski definition) is 0. The molecule has 7 heteroatoms. The van der Waals surface area contributed by atoms with Gasteiger partial charge in [0, 0.05) is 38.5 Å². The average molecular weight is 373 g/mol. The third kappa shape index (κ3) is 3.84. The van der Waals surface area contributed by atoms with Gasteiger partial charge in [0.2, 0.25) is 0 Å². The fourth-order valence-electron chi connectivity index (χ4n) is 4.25. The van der Waals surface area contributed by atoms with Crippen molar-refractivity contribution in [3.63, 3.8) is 0 Å². The van der Waals surface area contributed by atoms with Gasteiger partial charge in [0.05, 0.1) is 12.2 Å². The number of hydrogen-bond acceptors (Lipinski definition) is 5. The summed E-state index contributed by atoms with van der Waals surface area (Å²) < 4.78 is 11.7. The summed E-state index contributed by atoms with van der Waals surface area (Å²) in [7, 11) is 0. The number of likely N-dealkylation sites (tertiary alicyclic amines) is 1. The number of carbonyl (C=O) groups excluding carboxylic acids is 2. The van der Waals surface area contributed by atoms with E-state index in [4.69, 9.17) is 9.47 Å². The van der Waals surface area contributed by atoms with Gasteiger partial charge in [-0.25, -0.2) is 4.98 Å². The molecule has 1 spiro atoms. The van der Waals surface area contributed by atoms with Crippen molar-refractivity contribution in [3.8, 4) is 0 Å².